The third-order valence-corrected chi connectivity index (χ3v) is 5.17. The normalized spacial score (nSPS) is 17.5. The molecule has 0 aromatic carbocycles. The Morgan fingerprint density at radius 3 is 2.74 bits per heavy atom. The van der Waals surface area contributed by atoms with Gasteiger partial charge in [0.05, 0.1) is 36.8 Å². The molecule has 1 aliphatic carbocycles. The summed E-state index contributed by atoms with van der Waals surface area (Å²) in [6.07, 6.45) is 6.10. The summed E-state index contributed by atoms with van der Waals surface area (Å²) in [5.74, 6) is -0.842. The van der Waals surface area contributed by atoms with E-state index >= 15 is 0 Å². The van der Waals surface area contributed by atoms with Crippen LogP contribution in [0.3, 0.4) is 0 Å². The van der Waals surface area contributed by atoms with Crippen molar-refractivity contribution in [3.8, 4) is 0 Å². The lowest BCUT2D eigenvalue weighted by Crippen LogP contribution is -2.31. The van der Waals surface area contributed by atoms with Gasteiger partial charge in [-0.25, -0.2) is 4.79 Å². The van der Waals surface area contributed by atoms with Gasteiger partial charge in [-0.1, -0.05) is 26.0 Å². The number of Topliss-reactive ketones (excluding diaryl/α,β-unsaturated/α-hetero) is 1. The Morgan fingerprint density at radius 1 is 1.26 bits per heavy atom. The first-order valence-electron chi connectivity index (χ1n) is 10.5. The van der Waals surface area contributed by atoms with Crippen LogP contribution in [0.25, 0.3) is 5.57 Å². The zero-order valence-electron chi connectivity index (χ0n) is 18.2. The van der Waals surface area contributed by atoms with Gasteiger partial charge in [-0.05, 0) is 24.3 Å². The van der Waals surface area contributed by atoms with Crippen LogP contribution in [0, 0.1) is 5.41 Å². The molecule has 0 unspecified atom stereocenters. The fourth-order valence-corrected chi connectivity index (χ4v) is 3.94. The molecule has 2 heterocycles. The molecule has 31 heavy (non-hydrogen) atoms. The van der Waals surface area contributed by atoms with Gasteiger partial charge in [-0.2, -0.15) is 0 Å². The molecule has 3 rings (SSSR count). The molecule has 0 saturated carbocycles. The fraction of sp³-hybridized carbons (Fsp3) is 0.478. The highest BCUT2D eigenvalue weighted by atomic mass is 16.5. The summed E-state index contributed by atoms with van der Waals surface area (Å²) in [5.41, 5.74) is 7.91. The molecule has 1 aromatic heterocycles. The molecule has 0 atom stereocenters. The van der Waals surface area contributed by atoms with E-state index in [0.29, 0.717) is 54.1 Å². The Balaban J connectivity index is 2.29. The van der Waals surface area contributed by atoms with Gasteiger partial charge < -0.3 is 20.5 Å². The van der Waals surface area contributed by atoms with Gasteiger partial charge in [0.2, 0.25) is 5.91 Å². The van der Waals surface area contributed by atoms with Crippen LogP contribution < -0.4 is 11.1 Å². The first kappa shape index (κ1) is 22.8. The molecule has 0 saturated heterocycles. The average Bonchev–Trinajstić information content (AvgIpc) is 2.90. The first-order chi connectivity index (χ1) is 14.8. The third kappa shape index (κ3) is 5.08. The number of carbonyl (C=O) groups is 3. The van der Waals surface area contributed by atoms with Gasteiger partial charge in [0.1, 0.15) is 0 Å². The highest BCUT2D eigenvalue weighted by molar-refractivity contribution is 6.09. The van der Waals surface area contributed by atoms with Crippen LogP contribution in [0.5, 0.6) is 0 Å². The van der Waals surface area contributed by atoms with Crippen molar-refractivity contribution in [1.82, 2.24) is 10.3 Å². The van der Waals surface area contributed by atoms with Gasteiger partial charge in [-0.15, -0.1) is 0 Å². The van der Waals surface area contributed by atoms with Gasteiger partial charge in [0.15, 0.2) is 5.78 Å². The van der Waals surface area contributed by atoms with Gasteiger partial charge in [0.25, 0.3) is 0 Å². The fourth-order valence-electron chi connectivity index (χ4n) is 3.94. The number of carbonyl (C=O) groups excluding carboxylic acids is 3. The maximum absolute atomic E-state index is 13.2. The average molecular weight is 428 g/mol. The Kier molecular flexibility index (Phi) is 7.02. The summed E-state index contributed by atoms with van der Waals surface area (Å²) in [5, 5.41) is 2.71. The summed E-state index contributed by atoms with van der Waals surface area (Å²) in [7, 11) is 0. The van der Waals surface area contributed by atoms with E-state index < -0.39 is 5.97 Å². The minimum Gasteiger partial charge on any atom is -0.462 e. The van der Waals surface area contributed by atoms with Crippen LogP contribution in [0.2, 0.25) is 0 Å². The molecule has 3 N–H and O–H groups in total. The minimum absolute atomic E-state index is 0.0591. The molecule has 2 aliphatic rings. The van der Waals surface area contributed by atoms with Crippen molar-refractivity contribution in [3.05, 3.63) is 46.4 Å². The van der Waals surface area contributed by atoms with Crippen molar-refractivity contribution >= 4 is 23.2 Å². The maximum atomic E-state index is 13.2. The predicted molar refractivity (Wildman–Crippen MR) is 115 cm³/mol. The van der Waals surface area contributed by atoms with Crippen LogP contribution in [0.15, 0.2) is 18.4 Å². The van der Waals surface area contributed by atoms with Gasteiger partial charge in [0, 0.05) is 36.7 Å². The number of rotatable bonds is 7. The lowest BCUT2D eigenvalue weighted by molar-refractivity contribution is -0.119. The number of amides is 1. The van der Waals surface area contributed by atoms with E-state index in [4.69, 9.17) is 20.2 Å². The monoisotopic (exact) mass is 427 g/mol. The number of nitrogens with two attached hydrogens (primary N) is 1. The van der Waals surface area contributed by atoms with Gasteiger partial charge in [-0.3, -0.25) is 14.6 Å². The Labute approximate surface area is 181 Å². The molecule has 8 heteroatoms. The summed E-state index contributed by atoms with van der Waals surface area (Å²) in [6.45, 7) is 6.62. The molecule has 0 fully saturated rings. The van der Waals surface area contributed by atoms with Crippen molar-refractivity contribution in [2.75, 3.05) is 19.8 Å². The molecule has 8 nitrogen and oxygen atoms in total. The topological polar surface area (TPSA) is 121 Å². The smallest absolute Gasteiger partial charge is 0.340 e. The number of nitrogens with one attached hydrogen (secondary N) is 1. The second-order valence-electron chi connectivity index (χ2n) is 8.41. The number of pyridine rings is 1. The Hall–Kier alpha value is -2.84. The van der Waals surface area contributed by atoms with Crippen LogP contribution in [0.1, 0.15) is 71.3 Å². The number of ketones is 1. The molecular formula is C23H29N3O5. The second-order valence-corrected chi connectivity index (χ2v) is 8.41. The summed E-state index contributed by atoms with van der Waals surface area (Å²) >= 11 is 0. The number of esters is 1. The predicted octanol–water partition coefficient (Wildman–Crippen LogP) is 2.31. The van der Waals surface area contributed by atoms with E-state index in [1.54, 1.807) is 19.1 Å². The summed E-state index contributed by atoms with van der Waals surface area (Å²) in [6, 6.07) is 0. The lowest BCUT2D eigenvalue weighted by Gasteiger charge is -2.32. The van der Waals surface area contributed by atoms with E-state index in [-0.39, 0.29) is 42.3 Å². The van der Waals surface area contributed by atoms with E-state index in [9.17, 15) is 14.4 Å². The number of aromatic nitrogens is 1. The van der Waals surface area contributed by atoms with Crippen molar-refractivity contribution in [2.24, 2.45) is 11.1 Å². The molecule has 0 spiro atoms. The molecule has 1 aliphatic heterocycles. The molecule has 1 amide bonds. The van der Waals surface area contributed by atoms with Crippen LogP contribution in [-0.4, -0.2) is 42.4 Å². The highest BCUT2D eigenvalue weighted by Crippen LogP contribution is 2.39. The number of fused-ring (bicyclic) bond motifs is 1. The molecular weight excluding hydrogens is 398 g/mol. The van der Waals surface area contributed by atoms with E-state index in [2.05, 4.69) is 5.32 Å². The Morgan fingerprint density at radius 2 is 2.03 bits per heavy atom. The molecule has 0 radical (unpaired) electrons. The standard InChI is InChI=1S/C23H29N3O5/c1-4-31-22(29)21-16(13-30-9-8-24)26-15-10-23(2,3)11-17(27)20(15)19(21)14-6-5-7-18(28)25-12-14/h5-6,12H,4,7-11,13,24H2,1-3H3,(H,25,28). The van der Waals surface area contributed by atoms with Crippen molar-refractivity contribution in [2.45, 2.75) is 46.6 Å². The molecule has 166 valence electrons. The summed E-state index contributed by atoms with van der Waals surface area (Å²) < 4.78 is 10.9. The number of ether oxygens (including phenoxy) is 2. The quantitative estimate of drug-likeness (QED) is 0.506. The van der Waals surface area contributed by atoms with Crippen LogP contribution in [-0.2, 0) is 27.3 Å². The van der Waals surface area contributed by atoms with Crippen LogP contribution >= 0.6 is 0 Å². The molecule has 1 aromatic rings. The minimum atomic E-state index is -0.582. The number of hydrogen-bond acceptors (Lipinski definition) is 7. The third-order valence-electron chi connectivity index (χ3n) is 5.17. The zero-order valence-corrected chi connectivity index (χ0v) is 18.2. The SMILES string of the molecule is CCOC(=O)c1c(COCCN)nc2c(c1C1=CNC(=O)CC=C1)C(=O)CC(C)(C)C2. The van der Waals surface area contributed by atoms with Crippen molar-refractivity contribution in [3.63, 3.8) is 0 Å². The first-order valence-corrected chi connectivity index (χ1v) is 10.5. The van der Waals surface area contributed by atoms with Gasteiger partial charge >= 0.3 is 5.97 Å². The number of allylic oxidation sites excluding steroid dienone is 2. The summed E-state index contributed by atoms with van der Waals surface area (Å²) in [4.78, 5) is 42.8. The number of hydrogen-bond donors (Lipinski definition) is 2. The number of nitrogens with zero attached hydrogens (tertiary/aromatic N) is 1. The zero-order chi connectivity index (χ0) is 22.6. The maximum Gasteiger partial charge on any atom is 0.340 e. The largest absolute Gasteiger partial charge is 0.462 e. The Bertz CT molecular complexity index is 962. The van der Waals surface area contributed by atoms with Crippen molar-refractivity contribution in [1.29, 1.82) is 0 Å². The van der Waals surface area contributed by atoms with Crippen LogP contribution in [0.4, 0.5) is 0 Å². The van der Waals surface area contributed by atoms with E-state index in [1.165, 1.54) is 6.20 Å². The molecule has 0 bridgehead atoms. The van der Waals surface area contributed by atoms with Crippen molar-refractivity contribution < 1.29 is 23.9 Å². The lowest BCUT2D eigenvalue weighted by atomic mass is 9.73. The second kappa shape index (κ2) is 9.53. The van der Waals surface area contributed by atoms with E-state index in [0.717, 1.165) is 0 Å². The highest BCUT2D eigenvalue weighted by Gasteiger charge is 2.37. The van der Waals surface area contributed by atoms with E-state index in [1.807, 2.05) is 13.8 Å².